The van der Waals surface area contributed by atoms with E-state index in [1.165, 1.54) is 11.3 Å². The Morgan fingerprint density at radius 1 is 1.18 bits per heavy atom. The van der Waals surface area contributed by atoms with Crippen LogP contribution in [0.3, 0.4) is 0 Å². The molecule has 0 spiro atoms. The second-order valence-corrected chi connectivity index (χ2v) is 8.50. The molecule has 1 aliphatic rings. The molecular formula is C20H25N3O4S. The van der Waals surface area contributed by atoms with Crippen molar-refractivity contribution in [1.82, 2.24) is 15.2 Å². The number of rotatable bonds is 4. The van der Waals surface area contributed by atoms with Gasteiger partial charge in [-0.15, -0.1) is 0 Å². The van der Waals surface area contributed by atoms with Gasteiger partial charge in [0.25, 0.3) is 11.1 Å². The molecule has 1 N–H and O–H groups in total. The second kappa shape index (κ2) is 8.60. The maximum Gasteiger partial charge on any atom is 0.410 e. The van der Waals surface area contributed by atoms with Crippen molar-refractivity contribution in [1.29, 1.82) is 0 Å². The molecule has 0 saturated carbocycles. The lowest BCUT2D eigenvalue weighted by atomic mass is 10.0. The standard InChI is InChI=1S/C20H25N3O4S/c1-20(2,3)27-19(25)23-11-8-15(9-12-23)22-17(24)14-4-6-16(7-5-14)26-18-21-10-13-28-18/h4-7,10,13,15H,8-9,11-12H2,1-3H3,(H,22,24). The van der Waals surface area contributed by atoms with Gasteiger partial charge < -0.3 is 19.7 Å². The van der Waals surface area contributed by atoms with Crippen molar-refractivity contribution in [2.75, 3.05) is 13.1 Å². The lowest BCUT2D eigenvalue weighted by Gasteiger charge is -2.33. The van der Waals surface area contributed by atoms with Crippen LogP contribution in [0.5, 0.6) is 10.9 Å². The molecule has 0 atom stereocenters. The van der Waals surface area contributed by atoms with Crippen molar-refractivity contribution in [3.8, 4) is 10.9 Å². The first-order valence-electron chi connectivity index (χ1n) is 9.26. The lowest BCUT2D eigenvalue weighted by Crippen LogP contribution is -2.47. The van der Waals surface area contributed by atoms with Crippen LogP contribution in [-0.4, -0.2) is 46.6 Å². The smallest absolute Gasteiger partial charge is 0.410 e. The minimum atomic E-state index is -0.502. The van der Waals surface area contributed by atoms with Gasteiger partial charge in [-0.2, -0.15) is 0 Å². The fourth-order valence-corrected chi connectivity index (χ4v) is 3.34. The van der Waals surface area contributed by atoms with Crippen LogP contribution in [0.25, 0.3) is 0 Å². The predicted molar refractivity (Wildman–Crippen MR) is 107 cm³/mol. The summed E-state index contributed by atoms with van der Waals surface area (Å²) >= 11 is 1.41. The largest absolute Gasteiger partial charge is 0.444 e. The monoisotopic (exact) mass is 403 g/mol. The van der Waals surface area contributed by atoms with Crippen LogP contribution >= 0.6 is 11.3 Å². The summed E-state index contributed by atoms with van der Waals surface area (Å²) in [4.78, 5) is 30.3. The van der Waals surface area contributed by atoms with Crippen LogP contribution < -0.4 is 10.1 Å². The molecule has 8 heteroatoms. The Morgan fingerprint density at radius 3 is 2.43 bits per heavy atom. The number of nitrogens with zero attached hydrogens (tertiary/aromatic N) is 2. The van der Waals surface area contributed by atoms with Crippen LogP contribution in [0.2, 0.25) is 0 Å². The second-order valence-electron chi connectivity index (χ2n) is 7.64. The normalized spacial score (nSPS) is 15.2. The van der Waals surface area contributed by atoms with Gasteiger partial charge in [0, 0.05) is 36.3 Å². The third-order valence-electron chi connectivity index (χ3n) is 4.21. The molecule has 1 aliphatic heterocycles. The summed E-state index contributed by atoms with van der Waals surface area (Å²) < 4.78 is 11.0. The minimum absolute atomic E-state index is 0.0393. The van der Waals surface area contributed by atoms with E-state index < -0.39 is 5.60 Å². The van der Waals surface area contributed by atoms with Gasteiger partial charge in [-0.3, -0.25) is 4.79 Å². The van der Waals surface area contributed by atoms with E-state index in [0.717, 1.165) is 0 Å². The number of carbonyl (C=O) groups is 2. The summed E-state index contributed by atoms with van der Waals surface area (Å²) in [6, 6.07) is 7.00. The van der Waals surface area contributed by atoms with Crippen LogP contribution in [0.1, 0.15) is 44.0 Å². The zero-order valence-electron chi connectivity index (χ0n) is 16.3. The first-order chi connectivity index (χ1) is 13.3. The zero-order valence-corrected chi connectivity index (χ0v) is 17.1. The zero-order chi connectivity index (χ0) is 20.1. The van der Waals surface area contributed by atoms with Crippen LogP contribution in [0, 0.1) is 0 Å². The Balaban J connectivity index is 1.47. The van der Waals surface area contributed by atoms with Crippen LogP contribution in [0.15, 0.2) is 35.8 Å². The van der Waals surface area contributed by atoms with E-state index in [0.29, 0.717) is 42.4 Å². The third kappa shape index (κ3) is 5.69. The molecule has 3 rings (SSSR count). The topological polar surface area (TPSA) is 80.8 Å². The van der Waals surface area contributed by atoms with Gasteiger partial charge in [-0.05, 0) is 57.9 Å². The van der Waals surface area contributed by atoms with Gasteiger partial charge in [0.05, 0.1) is 0 Å². The maximum absolute atomic E-state index is 12.5. The number of likely N-dealkylation sites (tertiary alicyclic amines) is 1. The summed E-state index contributed by atoms with van der Waals surface area (Å²) in [5, 5.41) is 5.44. The molecule has 2 aromatic rings. The van der Waals surface area contributed by atoms with Crippen molar-refractivity contribution in [2.24, 2.45) is 0 Å². The summed E-state index contributed by atoms with van der Waals surface area (Å²) in [6.07, 6.45) is 2.79. The van der Waals surface area contributed by atoms with Crippen molar-refractivity contribution in [3.05, 3.63) is 41.4 Å². The van der Waals surface area contributed by atoms with Gasteiger partial charge in [0.15, 0.2) is 0 Å². The van der Waals surface area contributed by atoms with Gasteiger partial charge >= 0.3 is 6.09 Å². The highest BCUT2D eigenvalue weighted by Gasteiger charge is 2.27. The highest BCUT2D eigenvalue weighted by Crippen LogP contribution is 2.23. The Kier molecular flexibility index (Phi) is 6.18. The van der Waals surface area contributed by atoms with E-state index in [9.17, 15) is 9.59 Å². The van der Waals surface area contributed by atoms with E-state index >= 15 is 0 Å². The van der Waals surface area contributed by atoms with Crippen molar-refractivity contribution >= 4 is 23.3 Å². The molecule has 0 radical (unpaired) electrons. The minimum Gasteiger partial charge on any atom is -0.444 e. The van der Waals surface area contributed by atoms with E-state index in [2.05, 4.69) is 10.3 Å². The highest BCUT2D eigenvalue weighted by atomic mass is 32.1. The first kappa shape index (κ1) is 20.1. The molecule has 1 aromatic heterocycles. The molecule has 1 fully saturated rings. The molecule has 0 aliphatic carbocycles. The maximum atomic E-state index is 12.5. The Hall–Kier alpha value is -2.61. The number of carbonyl (C=O) groups excluding carboxylic acids is 2. The van der Waals surface area contributed by atoms with Gasteiger partial charge in [-0.1, -0.05) is 11.3 Å². The van der Waals surface area contributed by atoms with Crippen molar-refractivity contribution in [3.63, 3.8) is 0 Å². The Morgan fingerprint density at radius 2 is 1.86 bits per heavy atom. The Bertz CT molecular complexity index is 792. The number of amides is 2. The summed E-state index contributed by atoms with van der Waals surface area (Å²) in [5.41, 5.74) is 0.0680. The fraction of sp³-hybridized carbons (Fsp3) is 0.450. The number of hydrogen-bond acceptors (Lipinski definition) is 6. The first-order valence-corrected chi connectivity index (χ1v) is 10.1. The predicted octanol–water partition coefficient (Wildman–Crippen LogP) is 4.06. The molecule has 2 amide bonds. The number of aromatic nitrogens is 1. The lowest BCUT2D eigenvalue weighted by molar-refractivity contribution is 0.0199. The summed E-state index contributed by atoms with van der Waals surface area (Å²) in [6.45, 7) is 6.70. The molecule has 150 valence electrons. The van der Waals surface area contributed by atoms with Crippen LogP contribution in [0.4, 0.5) is 4.79 Å². The molecule has 0 unspecified atom stereocenters. The Labute approximate surface area is 168 Å². The quantitative estimate of drug-likeness (QED) is 0.832. The summed E-state index contributed by atoms with van der Waals surface area (Å²) in [5.74, 6) is 0.508. The van der Waals surface area contributed by atoms with Crippen LogP contribution in [-0.2, 0) is 4.74 Å². The number of thiazole rings is 1. The molecular weight excluding hydrogens is 378 g/mol. The SMILES string of the molecule is CC(C)(C)OC(=O)N1CCC(NC(=O)c2ccc(Oc3nccs3)cc2)CC1. The number of ether oxygens (including phenoxy) is 2. The van der Waals surface area contributed by atoms with Gasteiger partial charge in [-0.25, -0.2) is 9.78 Å². The van der Waals surface area contributed by atoms with Gasteiger partial charge in [0.2, 0.25) is 0 Å². The molecule has 2 heterocycles. The highest BCUT2D eigenvalue weighted by molar-refractivity contribution is 7.11. The van der Waals surface area contributed by atoms with E-state index in [4.69, 9.17) is 9.47 Å². The molecule has 1 saturated heterocycles. The molecule has 1 aromatic carbocycles. The number of hydrogen-bond donors (Lipinski definition) is 1. The third-order valence-corrected chi connectivity index (χ3v) is 4.86. The van der Waals surface area contributed by atoms with Gasteiger partial charge in [0.1, 0.15) is 11.4 Å². The average molecular weight is 404 g/mol. The average Bonchev–Trinajstić information content (AvgIpc) is 3.14. The van der Waals surface area contributed by atoms with E-state index in [1.807, 2.05) is 26.2 Å². The fourth-order valence-electron chi connectivity index (χ4n) is 2.84. The molecule has 28 heavy (non-hydrogen) atoms. The number of benzene rings is 1. The van der Waals surface area contributed by atoms with Crippen molar-refractivity contribution in [2.45, 2.75) is 45.3 Å². The molecule has 7 nitrogen and oxygen atoms in total. The van der Waals surface area contributed by atoms with E-state index in [-0.39, 0.29) is 18.0 Å². The molecule has 0 bridgehead atoms. The summed E-state index contributed by atoms with van der Waals surface area (Å²) in [7, 11) is 0. The number of nitrogens with one attached hydrogen (secondary N) is 1. The van der Waals surface area contributed by atoms with E-state index in [1.54, 1.807) is 35.4 Å². The van der Waals surface area contributed by atoms with Crippen molar-refractivity contribution < 1.29 is 19.1 Å². The number of piperidine rings is 1.